The van der Waals surface area contributed by atoms with Crippen molar-refractivity contribution in [3.05, 3.63) is 48.3 Å². The third kappa shape index (κ3) is 3.86. The van der Waals surface area contributed by atoms with Crippen molar-refractivity contribution in [3.8, 4) is 0 Å². The molecule has 108 valence electrons. The summed E-state index contributed by atoms with van der Waals surface area (Å²) in [4.78, 5) is 0. The van der Waals surface area contributed by atoms with Crippen molar-refractivity contribution in [2.24, 2.45) is 0 Å². The second-order valence-electron chi connectivity index (χ2n) is 5.55. The number of rotatable bonds is 7. The molecule has 1 atom stereocenters. The van der Waals surface area contributed by atoms with Gasteiger partial charge in [0, 0.05) is 12.2 Å². The Balaban J connectivity index is 2.10. The Bertz CT molecular complexity index is 502. The molecule has 0 saturated carbocycles. The first-order valence-electron chi connectivity index (χ1n) is 7.56. The maximum atomic E-state index is 4.40. The van der Waals surface area contributed by atoms with Crippen LogP contribution in [0.3, 0.4) is 0 Å². The molecule has 0 bridgehead atoms. The molecule has 2 rings (SSSR count). The standard InChI is InChI=1S/C17H25N3/c1-4-5-11-17(15-9-7-6-8-10-15)19-16-12-18-20(13-16)14(2)3/h6-10,12-14,17,19H,4-5,11H2,1-3H3. The molecular weight excluding hydrogens is 246 g/mol. The molecule has 2 aromatic rings. The van der Waals surface area contributed by atoms with E-state index in [1.54, 1.807) is 0 Å². The van der Waals surface area contributed by atoms with Crippen LogP contribution in [0.1, 0.15) is 57.7 Å². The molecule has 3 nitrogen and oxygen atoms in total. The maximum Gasteiger partial charge on any atom is 0.0731 e. The van der Waals surface area contributed by atoms with Gasteiger partial charge in [-0.3, -0.25) is 4.68 Å². The second-order valence-corrected chi connectivity index (χ2v) is 5.55. The molecule has 0 aliphatic heterocycles. The lowest BCUT2D eigenvalue weighted by Crippen LogP contribution is -2.10. The summed E-state index contributed by atoms with van der Waals surface area (Å²) >= 11 is 0. The molecule has 0 amide bonds. The Kier molecular flexibility index (Phi) is 5.22. The van der Waals surface area contributed by atoms with Gasteiger partial charge >= 0.3 is 0 Å². The van der Waals surface area contributed by atoms with Gasteiger partial charge in [-0.1, -0.05) is 50.1 Å². The maximum absolute atomic E-state index is 4.40. The summed E-state index contributed by atoms with van der Waals surface area (Å²) in [5, 5.41) is 8.02. The fraction of sp³-hybridized carbons (Fsp3) is 0.471. The summed E-state index contributed by atoms with van der Waals surface area (Å²) in [7, 11) is 0. The predicted octanol–water partition coefficient (Wildman–Crippen LogP) is 4.81. The Morgan fingerprint density at radius 2 is 1.95 bits per heavy atom. The Hall–Kier alpha value is -1.77. The number of nitrogens with zero attached hydrogens (tertiary/aromatic N) is 2. The SMILES string of the molecule is CCCCC(Nc1cnn(C(C)C)c1)c1ccccc1. The van der Waals surface area contributed by atoms with Crippen molar-refractivity contribution in [3.63, 3.8) is 0 Å². The molecule has 20 heavy (non-hydrogen) atoms. The molecule has 1 heterocycles. The van der Waals surface area contributed by atoms with Crippen LogP contribution in [0.2, 0.25) is 0 Å². The quantitative estimate of drug-likeness (QED) is 0.783. The van der Waals surface area contributed by atoms with Gasteiger partial charge in [0.25, 0.3) is 0 Å². The lowest BCUT2D eigenvalue weighted by Gasteiger charge is -2.19. The van der Waals surface area contributed by atoms with Gasteiger partial charge in [0.1, 0.15) is 0 Å². The van der Waals surface area contributed by atoms with E-state index in [0.29, 0.717) is 12.1 Å². The van der Waals surface area contributed by atoms with Gasteiger partial charge in [0.2, 0.25) is 0 Å². The minimum Gasteiger partial charge on any atom is -0.376 e. The molecule has 0 fully saturated rings. The van der Waals surface area contributed by atoms with E-state index in [1.165, 1.54) is 18.4 Å². The zero-order valence-corrected chi connectivity index (χ0v) is 12.7. The molecule has 3 heteroatoms. The van der Waals surface area contributed by atoms with Crippen LogP contribution in [0.25, 0.3) is 0 Å². The third-order valence-electron chi connectivity index (χ3n) is 3.52. The van der Waals surface area contributed by atoms with Gasteiger partial charge in [-0.05, 0) is 25.8 Å². The number of hydrogen-bond donors (Lipinski definition) is 1. The van der Waals surface area contributed by atoms with E-state index >= 15 is 0 Å². The van der Waals surface area contributed by atoms with Crippen molar-refractivity contribution in [2.75, 3.05) is 5.32 Å². The molecule has 0 spiro atoms. The van der Waals surface area contributed by atoms with E-state index in [-0.39, 0.29) is 0 Å². The van der Waals surface area contributed by atoms with Crippen LogP contribution in [0.15, 0.2) is 42.7 Å². The third-order valence-corrected chi connectivity index (χ3v) is 3.52. The predicted molar refractivity (Wildman–Crippen MR) is 84.9 cm³/mol. The number of benzene rings is 1. The van der Waals surface area contributed by atoms with Crippen LogP contribution >= 0.6 is 0 Å². The number of nitrogens with one attached hydrogen (secondary N) is 1. The van der Waals surface area contributed by atoms with E-state index in [4.69, 9.17) is 0 Å². The van der Waals surface area contributed by atoms with Crippen LogP contribution in [-0.2, 0) is 0 Å². The van der Waals surface area contributed by atoms with E-state index in [0.717, 1.165) is 12.1 Å². The highest BCUT2D eigenvalue weighted by atomic mass is 15.3. The molecule has 0 aliphatic rings. The lowest BCUT2D eigenvalue weighted by atomic mass is 10.0. The number of anilines is 1. The van der Waals surface area contributed by atoms with Crippen molar-refractivity contribution in [2.45, 2.75) is 52.1 Å². The Labute approximate surface area is 122 Å². The zero-order valence-electron chi connectivity index (χ0n) is 12.7. The van der Waals surface area contributed by atoms with Crippen LogP contribution in [0.4, 0.5) is 5.69 Å². The Morgan fingerprint density at radius 3 is 2.55 bits per heavy atom. The molecule has 1 aromatic carbocycles. The summed E-state index contributed by atoms with van der Waals surface area (Å²) in [6.07, 6.45) is 7.60. The highest BCUT2D eigenvalue weighted by molar-refractivity contribution is 5.41. The molecule has 0 aliphatic carbocycles. The second kappa shape index (κ2) is 7.13. The molecular formula is C17H25N3. The van der Waals surface area contributed by atoms with Gasteiger partial charge in [-0.25, -0.2) is 0 Å². The average molecular weight is 271 g/mol. The van der Waals surface area contributed by atoms with Crippen molar-refractivity contribution < 1.29 is 0 Å². The summed E-state index contributed by atoms with van der Waals surface area (Å²) in [5.74, 6) is 0. The fourth-order valence-corrected chi connectivity index (χ4v) is 2.31. The van der Waals surface area contributed by atoms with Gasteiger partial charge < -0.3 is 5.32 Å². The summed E-state index contributed by atoms with van der Waals surface area (Å²) in [5.41, 5.74) is 2.45. The van der Waals surface area contributed by atoms with Crippen LogP contribution in [0.5, 0.6) is 0 Å². The van der Waals surface area contributed by atoms with Gasteiger partial charge in [0.15, 0.2) is 0 Å². The first-order chi connectivity index (χ1) is 9.70. The topological polar surface area (TPSA) is 29.9 Å². The normalized spacial score (nSPS) is 12.6. The number of hydrogen-bond acceptors (Lipinski definition) is 2. The van der Waals surface area contributed by atoms with E-state index in [2.05, 4.69) is 67.7 Å². The summed E-state index contributed by atoms with van der Waals surface area (Å²) < 4.78 is 1.99. The smallest absolute Gasteiger partial charge is 0.0731 e. The first-order valence-corrected chi connectivity index (χ1v) is 7.56. The molecule has 1 unspecified atom stereocenters. The van der Waals surface area contributed by atoms with Crippen LogP contribution in [0, 0.1) is 0 Å². The molecule has 1 aromatic heterocycles. The van der Waals surface area contributed by atoms with E-state index in [1.807, 2.05) is 10.9 Å². The summed E-state index contributed by atoms with van der Waals surface area (Å²) in [6.45, 7) is 6.52. The molecule has 0 radical (unpaired) electrons. The molecule has 1 N–H and O–H groups in total. The zero-order chi connectivity index (χ0) is 14.4. The van der Waals surface area contributed by atoms with Gasteiger partial charge in [-0.2, -0.15) is 5.10 Å². The van der Waals surface area contributed by atoms with E-state index < -0.39 is 0 Å². The lowest BCUT2D eigenvalue weighted by molar-refractivity contribution is 0.532. The first kappa shape index (κ1) is 14.6. The van der Waals surface area contributed by atoms with Gasteiger partial charge in [-0.15, -0.1) is 0 Å². The van der Waals surface area contributed by atoms with Crippen LogP contribution in [-0.4, -0.2) is 9.78 Å². The largest absolute Gasteiger partial charge is 0.376 e. The highest BCUT2D eigenvalue weighted by Gasteiger charge is 2.12. The van der Waals surface area contributed by atoms with Crippen LogP contribution < -0.4 is 5.32 Å². The van der Waals surface area contributed by atoms with E-state index in [9.17, 15) is 0 Å². The van der Waals surface area contributed by atoms with Crippen molar-refractivity contribution in [1.82, 2.24) is 9.78 Å². The summed E-state index contributed by atoms with van der Waals surface area (Å²) in [6, 6.07) is 11.4. The highest BCUT2D eigenvalue weighted by Crippen LogP contribution is 2.24. The Morgan fingerprint density at radius 1 is 1.20 bits per heavy atom. The minimum atomic E-state index is 0.362. The minimum absolute atomic E-state index is 0.362. The fourth-order valence-electron chi connectivity index (χ4n) is 2.31. The van der Waals surface area contributed by atoms with Crippen molar-refractivity contribution >= 4 is 5.69 Å². The van der Waals surface area contributed by atoms with Crippen molar-refractivity contribution in [1.29, 1.82) is 0 Å². The number of aromatic nitrogens is 2. The molecule has 0 saturated heterocycles. The number of unbranched alkanes of at least 4 members (excludes halogenated alkanes) is 1. The van der Waals surface area contributed by atoms with Gasteiger partial charge in [0.05, 0.1) is 17.9 Å². The average Bonchev–Trinajstić information content (AvgIpc) is 2.93. The monoisotopic (exact) mass is 271 g/mol.